The third-order valence-electron chi connectivity index (χ3n) is 2.98. The number of aliphatic hydroxyl groups is 1. The van der Waals surface area contributed by atoms with Crippen LogP contribution in [0.3, 0.4) is 0 Å². The molecule has 0 aliphatic carbocycles. The number of hydrogen-bond acceptors (Lipinski definition) is 3. The van der Waals surface area contributed by atoms with E-state index in [2.05, 4.69) is 5.32 Å². The molecule has 1 heterocycles. The second-order valence-corrected chi connectivity index (χ2v) is 4.32. The molecule has 2 rings (SSSR count). The highest BCUT2D eigenvalue weighted by Gasteiger charge is 2.15. The fourth-order valence-electron chi connectivity index (χ4n) is 1.97. The highest BCUT2D eigenvalue weighted by Crippen LogP contribution is 2.14. The minimum Gasteiger partial charge on any atom is -0.386 e. The molecule has 0 amide bonds. The van der Waals surface area contributed by atoms with Gasteiger partial charge >= 0.3 is 0 Å². The first-order valence-electron chi connectivity index (χ1n) is 5.88. The lowest BCUT2D eigenvalue weighted by atomic mass is 10.1. The van der Waals surface area contributed by atoms with Crippen molar-refractivity contribution < 1.29 is 9.84 Å². The molecular weight excluding hydrogens is 202 g/mol. The zero-order valence-electron chi connectivity index (χ0n) is 9.43. The Hall–Kier alpha value is -0.900. The molecule has 1 aliphatic rings. The van der Waals surface area contributed by atoms with E-state index >= 15 is 0 Å². The summed E-state index contributed by atoms with van der Waals surface area (Å²) < 4.78 is 5.54. The Labute approximate surface area is 96.4 Å². The maximum absolute atomic E-state index is 9.85. The van der Waals surface area contributed by atoms with E-state index < -0.39 is 6.10 Å². The van der Waals surface area contributed by atoms with Crippen LogP contribution in [0.1, 0.15) is 18.1 Å². The van der Waals surface area contributed by atoms with Gasteiger partial charge in [0.25, 0.3) is 0 Å². The van der Waals surface area contributed by atoms with Gasteiger partial charge in [0.2, 0.25) is 0 Å². The topological polar surface area (TPSA) is 41.5 Å². The van der Waals surface area contributed by atoms with Crippen molar-refractivity contribution in [3.05, 3.63) is 35.9 Å². The highest BCUT2D eigenvalue weighted by molar-refractivity contribution is 5.17. The van der Waals surface area contributed by atoms with Gasteiger partial charge in [0.15, 0.2) is 0 Å². The average Bonchev–Trinajstić information content (AvgIpc) is 2.83. The Balaban J connectivity index is 1.69. The molecule has 0 saturated carbocycles. The van der Waals surface area contributed by atoms with Crippen LogP contribution < -0.4 is 5.32 Å². The maximum Gasteiger partial charge on any atom is 0.102 e. The Morgan fingerprint density at radius 3 is 2.88 bits per heavy atom. The molecule has 0 radical (unpaired) electrons. The van der Waals surface area contributed by atoms with E-state index in [-0.39, 0.29) is 0 Å². The van der Waals surface area contributed by atoms with Crippen molar-refractivity contribution in [1.29, 1.82) is 0 Å². The molecule has 2 N–H and O–H groups in total. The molecule has 0 spiro atoms. The summed E-state index contributed by atoms with van der Waals surface area (Å²) in [6, 6.07) is 9.65. The van der Waals surface area contributed by atoms with E-state index in [1.54, 1.807) is 0 Å². The van der Waals surface area contributed by atoms with Gasteiger partial charge in [-0.05, 0) is 24.4 Å². The van der Waals surface area contributed by atoms with Crippen molar-refractivity contribution in [2.75, 3.05) is 26.3 Å². The number of hydrogen-bond donors (Lipinski definition) is 2. The normalized spacial score (nSPS) is 22.2. The third-order valence-corrected chi connectivity index (χ3v) is 2.98. The molecule has 1 saturated heterocycles. The standard InChI is InChI=1S/C13H19NO2/c15-13(12-4-2-1-3-5-12)10-16-9-11-6-7-14-8-11/h1-5,11,13-15H,6-10H2. The summed E-state index contributed by atoms with van der Waals surface area (Å²) in [5, 5.41) is 13.2. The SMILES string of the molecule is OC(COCC1CCNC1)c1ccccc1. The Morgan fingerprint density at radius 1 is 1.38 bits per heavy atom. The van der Waals surface area contributed by atoms with Gasteiger partial charge in [0.05, 0.1) is 13.2 Å². The zero-order chi connectivity index (χ0) is 11.2. The van der Waals surface area contributed by atoms with Crippen LogP contribution in [0.15, 0.2) is 30.3 Å². The van der Waals surface area contributed by atoms with Gasteiger partial charge in [-0.3, -0.25) is 0 Å². The Bertz CT molecular complexity index is 296. The summed E-state index contributed by atoms with van der Waals surface area (Å²) in [5.41, 5.74) is 0.923. The van der Waals surface area contributed by atoms with E-state index in [9.17, 15) is 5.11 Å². The number of ether oxygens (including phenoxy) is 1. The van der Waals surface area contributed by atoms with E-state index in [1.165, 1.54) is 6.42 Å². The lowest BCUT2D eigenvalue weighted by Crippen LogP contribution is -2.16. The predicted molar refractivity (Wildman–Crippen MR) is 63.2 cm³/mol. The van der Waals surface area contributed by atoms with E-state index in [0.29, 0.717) is 12.5 Å². The molecule has 1 aliphatic heterocycles. The molecule has 2 unspecified atom stereocenters. The second-order valence-electron chi connectivity index (χ2n) is 4.32. The molecule has 88 valence electrons. The Morgan fingerprint density at radius 2 is 2.19 bits per heavy atom. The number of benzene rings is 1. The number of rotatable bonds is 5. The molecule has 3 heteroatoms. The summed E-state index contributed by atoms with van der Waals surface area (Å²) in [6.45, 7) is 3.27. The van der Waals surface area contributed by atoms with Gasteiger partial charge in [-0.25, -0.2) is 0 Å². The van der Waals surface area contributed by atoms with Crippen LogP contribution in [0.25, 0.3) is 0 Å². The summed E-state index contributed by atoms with van der Waals surface area (Å²) in [4.78, 5) is 0. The van der Waals surface area contributed by atoms with Crippen LogP contribution in [-0.4, -0.2) is 31.4 Å². The van der Waals surface area contributed by atoms with Crippen molar-refractivity contribution in [3.8, 4) is 0 Å². The summed E-state index contributed by atoms with van der Waals surface area (Å²) in [5.74, 6) is 0.614. The van der Waals surface area contributed by atoms with Crippen molar-refractivity contribution in [2.24, 2.45) is 5.92 Å². The van der Waals surface area contributed by atoms with Crippen molar-refractivity contribution >= 4 is 0 Å². The van der Waals surface area contributed by atoms with Crippen LogP contribution in [-0.2, 0) is 4.74 Å². The Kier molecular flexibility index (Phi) is 4.34. The van der Waals surface area contributed by atoms with Crippen LogP contribution >= 0.6 is 0 Å². The van der Waals surface area contributed by atoms with E-state index in [4.69, 9.17) is 4.74 Å². The molecule has 0 bridgehead atoms. The first-order valence-corrected chi connectivity index (χ1v) is 5.88. The van der Waals surface area contributed by atoms with E-state index in [0.717, 1.165) is 25.3 Å². The quantitative estimate of drug-likeness (QED) is 0.788. The fourth-order valence-corrected chi connectivity index (χ4v) is 1.97. The van der Waals surface area contributed by atoms with Crippen molar-refractivity contribution in [2.45, 2.75) is 12.5 Å². The second kappa shape index (κ2) is 5.99. The van der Waals surface area contributed by atoms with E-state index in [1.807, 2.05) is 30.3 Å². The van der Waals surface area contributed by atoms with Gasteiger partial charge in [-0.1, -0.05) is 30.3 Å². The first-order chi connectivity index (χ1) is 7.86. The highest BCUT2D eigenvalue weighted by atomic mass is 16.5. The maximum atomic E-state index is 9.85. The molecule has 1 aromatic rings. The number of aliphatic hydroxyl groups excluding tert-OH is 1. The first kappa shape index (κ1) is 11.6. The lowest BCUT2D eigenvalue weighted by Gasteiger charge is -2.13. The van der Waals surface area contributed by atoms with Crippen LogP contribution in [0, 0.1) is 5.92 Å². The largest absolute Gasteiger partial charge is 0.386 e. The zero-order valence-corrected chi connectivity index (χ0v) is 9.43. The monoisotopic (exact) mass is 221 g/mol. The molecule has 3 nitrogen and oxygen atoms in total. The predicted octanol–water partition coefficient (Wildman–Crippen LogP) is 1.35. The van der Waals surface area contributed by atoms with Gasteiger partial charge in [-0.15, -0.1) is 0 Å². The molecule has 1 aromatic carbocycles. The third kappa shape index (κ3) is 3.30. The minimum absolute atomic E-state index is 0.389. The van der Waals surface area contributed by atoms with Gasteiger partial charge in [-0.2, -0.15) is 0 Å². The summed E-state index contributed by atoms with van der Waals surface area (Å²) in [7, 11) is 0. The van der Waals surface area contributed by atoms with Crippen LogP contribution in [0.4, 0.5) is 0 Å². The summed E-state index contributed by atoms with van der Waals surface area (Å²) >= 11 is 0. The van der Waals surface area contributed by atoms with Crippen molar-refractivity contribution in [1.82, 2.24) is 5.32 Å². The molecule has 0 aromatic heterocycles. The van der Waals surface area contributed by atoms with Crippen LogP contribution in [0.2, 0.25) is 0 Å². The smallest absolute Gasteiger partial charge is 0.102 e. The molecule has 16 heavy (non-hydrogen) atoms. The fraction of sp³-hybridized carbons (Fsp3) is 0.538. The lowest BCUT2D eigenvalue weighted by molar-refractivity contribution is 0.0229. The molecule has 1 fully saturated rings. The van der Waals surface area contributed by atoms with Crippen molar-refractivity contribution in [3.63, 3.8) is 0 Å². The molecule has 2 atom stereocenters. The summed E-state index contributed by atoms with van der Waals surface area (Å²) in [6.07, 6.45) is 0.678. The molecular formula is C13H19NO2. The van der Waals surface area contributed by atoms with Gasteiger partial charge in [0, 0.05) is 6.54 Å². The van der Waals surface area contributed by atoms with Gasteiger partial charge < -0.3 is 15.2 Å². The number of nitrogens with one attached hydrogen (secondary N) is 1. The minimum atomic E-state index is -0.504. The average molecular weight is 221 g/mol. The van der Waals surface area contributed by atoms with Gasteiger partial charge in [0.1, 0.15) is 6.10 Å². The van der Waals surface area contributed by atoms with Crippen LogP contribution in [0.5, 0.6) is 0 Å².